The van der Waals surface area contributed by atoms with E-state index in [4.69, 9.17) is 0 Å². The molecule has 0 rings (SSSR count). The van der Waals surface area contributed by atoms with E-state index < -0.39 is 27.8 Å². The number of rotatable bonds is 4. The fourth-order valence-corrected chi connectivity index (χ4v) is 2.32. The van der Waals surface area contributed by atoms with Crippen molar-refractivity contribution in [2.24, 2.45) is 0 Å². The summed E-state index contributed by atoms with van der Waals surface area (Å²) < 4.78 is 31.8. The maximum atomic E-state index is 11.4. The minimum absolute atomic E-state index is 0.596. The van der Waals surface area contributed by atoms with Gasteiger partial charge in [0.15, 0.2) is 0 Å². The lowest BCUT2D eigenvalue weighted by Crippen LogP contribution is -2.51. The van der Waals surface area contributed by atoms with E-state index in [0.717, 1.165) is 0 Å². The first-order valence-electron chi connectivity index (χ1n) is 4.46. The molecule has 0 fully saturated rings. The molecule has 0 aliphatic carbocycles. The third kappa shape index (κ3) is 6.43. The largest absolute Gasteiger partial charge is 0.468 e. The maximum Gasteiger partial charge on any atom is 0.323 e. The summed E-state index contributed by atoms with van der Waals surface area (Å²) in [7, 11) is -2.50. The predicted octanol–water partition coefficient (Wildman–Crippen LogP) is -0.230. The molecule has 0 spiro atoms. The highest BCUT2D eigenvalue weighted by Gasteiger charge is 2.24. The normalized spacial score (nSPS) is 14.7. The van der Waals surface area contributed by atoms with E-state index in [2.05, 4.69) is 14.2 Å². The van der Waals surface area contributed by atoms with E-state index in [-0.39, 0.29) is 0 Å². The Balaban J connectivity index is 4.46. The summed E-state index contributed by atoms with van der Waals surface area (Å²) in [5, 5.41) is 0. The zero-order valence-electron chi connectivity index (χ0n) is 9.62. The van der Waals surface area contributed by atoms with Gasteiger partial charge in [-0.15, -0.1) is 0 Å². The minimum Gasteiger partial charge on any atom is -0.468 e. The average molecular weight is 238 g/mol. The number of esters is 1. The predicted molar refractivity (Wildman–Crippen MR) is 56.4 cm³/mol. The van der Waals surface area contributed by atoms with E-state index in [1.807, 2.05) is 0 Å². The van der Waals surface area contributed by atoms with E-state index in [9.17, 15) is 13.2 Å². The van der Waals surface area contributed by atoms with E-state index >= 15 is 0 Å². The Morgan fingerprint density at radius 1 is 1.33 bits per heavy atom. The standard InChI is InChI=1S/C8H18N2O4S/c1-6(7(11)14-5)9-15(12,13)10-8(2,3)4/h6,9-10H,1-5H3. The topological polar surface area (TPSA) is 84.5 Å². The first-order valence-corrected chi connectivity index (χ1v) is 5.95. The second kappa shape index (κ2) is 4.91. The van der Waals surface area contributed by atoms with Crippen molar-refractivity contribution in [2.75, 3.05) is 7.11 Å². The number of nitrogens with one attached hydrogen (secondary N) is 2. The molecule has 0 amide bonds. The van der Waals surface area contributed by atoms with Gasteiger partial charge in [-0.3, -0.25) is 4.79 Å². The Morgan fingerprint density at radius 3 is 2.13 bits per heavy atom. The van der Waals surface area contributed by atoms with Crippen LogP contribution in [-0.4, -0.2) is 33.1 Å². The molecule has 90 valence electrons. The van der Waals surface area contributed by atoms with Crippen molar-refractivity contribution in [3.8, 4) is 0 Å². The number of carbonyl (C=O) groups is 1. The van der Waals surface area contributed by atoms with Crippen LogP contribution in [0.4, 0.5) is 0 Å². The van der Waals surface area contributed by atoms with Gasteiger partial charge in [0.05, 0.1) is 7.11 Å². The quantitative estimate of drug-likeness (QED) is 0.663. The molecule has 0 aromatic carbocycles. The van der Waals surface area contributed by atoms with Crippen LogP contribution < -0.4 is 9.44 Å². The maximum absolute atomic E-state index is 11.4. The highest BCUT2D eigenvalue weighted by Crippen LogP contribution is 2.01. The van der Waals surface area contributed by atoms with Gasteiger partial charge in [-0.05, 0) is 27.7 Å². The van der Waals surface area contributed by atoms with Crippen LogP contribution in [0.1, 0.15) is 27.7 Å². The van der Waals surface area contributed by atoms with E-state index in [1.54, 1.807) is 20.8 Å². The summed E-state index contributed by atoms with van der Waals surface area (Å²) in [5.74, 6) is -0.630. The lowest BCUT2D eigenvalue weighted by atomic mass is 10.1. The zero-order chi connectivity index (χ0) is 12.3. The molecule has 1 atom stereocenters. The Bertz CT molecular complexity index is 318. The summed E-state index contributed by atoms with van der Waals surface area (Å²) in [6, 6.07) is -0.908. The smallest absolute Gasteiger partial charge is 0.323 e. The van der Waals surface area contributed by atoms with Crippen LogP contribution in [-0.2, 0) is 19.7 Å². The van der Waals surface area contributed by atoms with Crippen LogP contribution in [0, 0.1) is 0 Å². The van der Waals surface area contributed by atoms with Crippen molar-refractivity contribution >= 4 is 16.2 Å². The van der Waals surface area contributed by atoms with Gasteiger partial charge in [-0.2, -0.15) is 17.9 Å². The highest BCUT2D eigenvalue weighted by molar-refractivity contribution is 7.87. The Labute approximate surface area is 90.6 Å². The molecule has 1 unspecified atom stereocenters. The summed E-state index contributed by atoms with van der Waals surface area (Å²) in [4.78, 5) is 11.0. The molecule has 0 saturated heterocycles. The average Bonchev–Trinajstić information content (AvgIpc) is 1.96. The number of hydrogen-bond acceptors (Lipinski definition) is 4. The number of hydrogen-bond donors (Lipinski definition) is 2. The zero-order valence-corrected chi connectivity index (χ0v) is 10.4. The van der Waals surface area contributed by atoms with Crippen LogP contribution >= 0.6 is 0 Å². The van der Waals surface area contributed by atoms with Gasteiger partial charge in [0.25, 0.3) is 10.2 Å². The third-order valence-electron chi connectivity index (χ3n) is 1.33. The fourth-order valence-electron chi connectivity index (χ4n) is 0.890. The second-order valence-electron chi connectivity index (χ2n) is 4.22. The summed E-state index contributed by atoms with van der Waals surface area (Å²) >= 11 is 0. The lowest BCUT2D eigenvalue weighted by molar-refractivity contribution is -0.142. The van der Waals surface area contributed by atoms with Crippen molar-refractivity contribution in [3.05, 3.63) is 0 Å². The minimum atomic E-state index is -3.69. The Morgan fingerprint density at radius 2 is 1.80 bits per heavy atom. The fraction of sp³-hybridized carbons (Fsp3) is 0.875. The number of ether oxygens (including phenoxy) is 1. The molecule has 0 heterocycles. The second-order valence-corrected chi connectivity index (χ2v) is 5.66. The van der Waals surface area contributed by atoms with Crippen LogP contribution in [0.5, 0.6) is 0 Å². The van der Waals surface area contributed by atoms with Crippen LogP contribution in [0.15, 0.2) is 0 Å². The molecule has 0 aliphatic rings. The molecule has 2 N–H and O–H groups in total. The molecule has 6 nitrogen and oxygen atoms in total. The first kappa shape index (κ1) is 14.3. The van der Waals surface area contributed by atoms with Gasteiger partial charge in [-0.25, -0.2) is 0 Å². The first-order chi connectivity index (χ1) is 6.57. The van der Waals surface area contributed by atoms with Crippen molar-refractivity contribution in [2.45, 2.75) is 39.3 Å². The van der Waals surface area contributed by atoms with Gasteiger partial charge in [0.1, 0.15) is 6.04 Å². The van der Waals surface area contributed by atoms with Gasteiger partial charge >= 0.3 is 5.97 Å². The van der Waals surface area contributed by atoms with Gasteiger partial charge in [0, 0.05) is 5.54 Å². The van der Waals surface area contributed by atoms with Gasteiger partial charge < -0.3 is 4.74 Å². The van der Waals surface area contributed by atoms with Crippen LogP contribution in [0.3, 0.4) is 0 Å². The SMILES string of the molecule is COC(=O)C(C)NS(=O)(=O)NC(C)(C)C. The summed E-state index contributed by atoms with van der Waals surface area (Å²) in [5.41, 5.74) is -0.596. The monoisotopic (exact) mass is 238 g/mol. The summed E-state index contributed by atoms with van der Waals surface area (Å²) in [6.07, 6.45) is 0. The van der Waals surface area contributed by atoms with Gasteiger partial charge in [-0.1, -0.05) is 0 Å². The third-order valence-corrected chi connectivity index (χ3v) is 2.87. The van der Waals surface area contributed by atoms with Gasteiger partial charge in [0.2, 0.25) is 0 Å². The van der Waals surface area contributed by atoms with Crippen molar-refractivity contribution < 1.29 is 17.9 Å². The van der Waals surface area contributed by atoms with E-state index in [1.165, 1.54) is 14.0 Å². The molecule has 0 bridgehead atoms. The Kier molecular flexibility index (Phi) is 4.69. The molecule has 0 aromatic heterocycles. The van der Waals surface area contributed by atoms with Crippen molar-refractivity contribution in [1.82, 2.24) is 9.44 Å². The molecular formula is C8H18N2O4S. The van der Waals surface area contributed by atoms with Crippen molar-refractivity contribution in [1.29, 1.82) is 0 Å². The van der Waals surface area contributed by atoms with Crippen LogP contribution in [0.25, 0.3) is 0 Å². The molecular weight excluding hydrogens is 220 g/mol. The molecule has 0 aromatic rings. The highest BCUT2D eigenvalue weighted by atomic mass is 32.2. The van der Waals surface area contributed by atoms with Crippen molar-refractivity contribution in [3.63, 3.8) is 0 Å². The molecule has 0 aliphatic heterocycles. The molecule has 15 heavy (non-hydrogen) atoms. The molecule has 0 saturated carbocycles. The van der Waals surface area contributed by atoms with E-state index in [0.29, 0.717) is 0 Å². The Hall–Kier alpha value is -0.660. The van der Waals surface area contributed by atoms with Crippen LogP contribution in [0.2, 0.25) is 0 Å². The molecule has 7 heteroatoms. The number of carbonyl (C=O) groups excluding carboxylic acids is 1. The number of methoxy groups -OCH3 is 1. The lowest BCUT2D eigenvalue weighted by Gasteiger charge is -2.21. The molecule has 0 radical (unpaired) electrons. The summed E-state index contributed by atoms with van der Waals surface area (Å²) in [6.45, 7) is 6.52.